The van der Waals surface area contributed by atoms with Crippen molar-refractivity contribution in [1.29, 1.82) is 0 Å². The maximum atomic E-state index is 12.9. The molecule has 36 heavy (non-hydrogen) atoms. The molecule has 4 aromatic rings. The minimum atomic E-state index is -4.54. The Kier molecular flexibility index (Phi) is 6.58. The highest BCUT2D eigenvalue weighted by Crippen LogP contribution is 2.33. The van der Waals surface area contributed by atoms with Crippen molar-refractivity contribution in [3.05, 3.63) is 84.0 Å². The minimum absolute atomic E-state index is 0.0575. The summed E-state index contributed by atoms with van der Waals surface area (Å²) in [6.07, 6.45) is 5.86. The van der Waals surface area contributed by atoms with Crippen LogP contribution in [0.25, 0.3) is 33.3 Å². The predicted molar refractivity (Wildman–Crippen MR) is 135 cm³/mol. The highest BCUT2D eigenvalue weighted by molar-refractivity contribution is 6.02. The number of aromatic amines is 1. The summed E-state index contributed by atoms with van der Waals surface area (Å²) in [5.41, 5.74) is 6.83. The van der Waals surface area contributed by atoms with Gasteiger partial charge in [0, 0.05) is 35.1 Å². The molecule has 1 amide bonds. The number of rotatable bonds is 6. The van der Waals surface area contributed by atoms with E-state index in [1.54, 1.807) is 12.3 Å². The first-order valence-corrected chi connectivity index (χ1v) is 11.3. The van der Waals surface area contributed by atoms with Gasteiger partial charge in [0.1, 0.15) is 11.7 Å². The van der Waals surface area contributed by atoms with Crippen molar-refractivity contribution in [2.45, 2.75) is 39.9 Å². The van der Waals surface area contributed by atoms with Crippen LogP contribution in [-0.2, 0) is 0 Å². The fourth-order valence-electron chi connectivity index (χ4n) is 4.07. The molecule has 0 spiro atoms. The topological polar surface area (TPSA) is 75.1 Å². The van der Waals surface area contributed by atoms with E-state index in [4.69, 9.17) is 0 Å². The van der Waals surface area contributed by atoms with Crippen molar-refractivity contribution in [3.8, 4) is 11.1 Å². The number of H-pyrrole nitrogens is 1. The lowest BCUT2D eigenvalue weighted by atomic mass is 9.94. The Morgan fingerprint density at radius 1 is 1.25 bits per heavy atom. The molecular formula is C27H26F3N5O. The van der Waals surface area contributed by atoms with Crippen LogP contribution < -0.4 is 5.32 Å². The van der Waals surface area contributed by atoms with Gasteiger partial charge in [-0.1, -0.05) is 18.7 Å². The summed E-state index contributed by atoms with van der Waals surface area (Å²) in [5, 5.41) is 6.99. The molecule has 1 atom stereocenters. The molecule has 0 saturated carbocycles. The van der Waals surface area contributed by atoms with Gasteiger partial charge in [-0.05, 0) is 68.2 Å². The van der Waals surface area contributed by atoms with Crippen LogP contribution in [0.5, 0.6) is 0 Å². The number of fused-ring (bicyclic) bond motifs is 2. The molecule has 0 saturated heterocycles. The Morgan fingerprint density at radius 3 is 2.67 bits per heavy atom. The molecule has 4 rings (SSSR count). The van der Waals surface area contributed by atoms with Crippen LogP contribution in [0, 0.1) is 0 Å². The van der Waals surface area contributed by atoms with Crippen molar-refractivity contribution in [2.75, 3.05) is 0 Å². The zero-order chi connectivity index (χ0) is 26.2. The molecule has 0 aliphatic carbocycles. The van der Waals surface area contributed by atoms with Gasteiger partial charge >= 0.3 is 6.18 Å². The zero-order valence-corrected chi connectivity index (χ0v) is 20.4. The van der Waals surface area contributed by atoms with Gasteiger partial charge in [-0.25, -0.2) is 9.50 Å². The normalized spacial score (nSPS) is 14.1. The first-order valence-electron chi connectivity index (χ1n) is 11.3. The minimum Gasteiger partial charge on any atom is -0.346 e. The number of aromatic nitrogens is 4. The lowest BCUT2D eigenvalue weighted by Crippen LogP contribution is -2.43. The molecule has 2 N–H and O–H groups in total. The van der Waals surface area contributed by atoms with Crippen LogP contribution >= 0.6 is 0 Å². The maximum absolute atomic E-state index is 12.9. The monoisotopic (exact) mass is 493 g/mol. The molecular weight excluding hydrogens is 467 g/mol. The summed E-state index contributed by atoms with van der Waals surface area (Å²) in [6.45, 7) is 10.8. The van der Waals surface area contributed by atoms with Gasteiger partial charge in [-0.3, -0.25) is 4.79 Å². The Bertz CT molecular complexity index is 1540. The number of nitrogens with zero attached hydrogens (tertiary/aromatic N) is 3. The van der Waals surface area contributed by atoms with E-state index in [0.29, 0.717) is 11.2 Å². The molecule has 4 heterocycles. The lowest BCUT2D eigenvalue weighted by molar-refractivity contribution is -0.149. The molecule has 0 aliphatic rings. The molecule has 0 aliphatic heterocycles. The van der Waals surface area contributed by atoms with Crippen LogP contribution in [-0.4, -0.2) is 37.7 Å². The number of allylic oxidation sites excluding steroid dienone is 5. The van der Waals surface area contributed by atoms with Crippen molar-refractivity contribution in [3.63, 3.8) is 0 Å². The van der Waals surface area contributed by atoms with Gasteiger partial charge in [-0.15, -0.1) is 0 Å². The van der Waals surface area contributed by atoms with E-state index in [0.717, 1.165) is 45.7 Å². The average molecular weight is 494 g/mol. The smallest absolute Gasteiger partial charge is 0.346 e. The second-order valence-electron chi connectivity index (χ2n) is 8.60. The summed E-state index contributed by atoms with van der Waals surface area (Å²) < 4.78 is 40.3. The molecule has 6 nitrogen and oxygen atoms in total. The van der Waals surface area contributed by atoms with Crippen LogP contribution in [0.3, 0.4) is 0 Å². The second-order valence-corrected chi connectivity index (χ2v) is 8.60. The molecule has 0 radical (unpaired) electrons. The number of halogens is 3. The van der Waals surface area contributed by atoms with Crippen molar-refractivity contribution < 1.29 is 18.0 Å². The van der Waals surface area contributed by atoms with Gasteiger partial charge in [0.2, 0.25) is 0 Å². The van der Waals surface area contributed by atoms with Gasteiger partial charge in [0.25, 0.3) is 5.91 Å². The molecule has 0 fully saturated rings. The number of pyridine rings is 2. The quantitative estimate of drug-likeness (QED) is 0.302. The Balaban J connectivity index is 1.80. The van der Waals surface area contributed by atoms with Gasteiger partial charge < -0.3 is 10.3 Å². The van der Waals surface area contributed by atoms with E-state index < -0.39 is 18.1 Å². The molecule has 0 unspecified atom stereocenters. The molecule has 9 heteroatoms. The maximum Gasteiger partial charge on any atom is 0.408 e. The van der Waals surface area contributed by atoms with Crippen LogP contribution in [0.1, 0.15) is 43.6 Å². The van der Waals surface area contributed by atoms with Crippen molar-refractivity contribution >= 4 is 28.0 Å². The lowest BCUT2D eigenvalue weighted by Gasteiger charge is -2.16. The summed E-state index contributed by atoms with van der Waals surface area (Å²) in [7, 11) is 0. The number of carbonyl (C=O) groups is 1. The number of nitrogens with one attached hydrogen (secondary N) is 2. The zero-order valence-electron chi connectivity index (χ0n) is 20.4. The van der Waals surface area contributed by atoms with Gasteiger partial charge in [-0.2, -0.15) is 18.3 Å². The van der Waals surface area contributed by atoms with Gasteiger partial charge in [0.15, 0.2) is 0 Å². The van der Waals surface area contributed by atoms with Gasteiger partial charge in [0.05, 0.1) is 17.3 Å². The van der Waals surface area contributed by atoms with Crippen LogP contribution in [0.4, 0.5) is 13.2 Å². The summed E-state index contributed by atoms with van der Waals surface area (Å²) in [6, 6.07) is 3.63. The standard InChI is InChI=1S/C27H26F3N5O/c1-6-15(3)24(16(4)7-2)19-10-20-21(13-32-25(20)31-12-19)18-8-9-35-23(11-18)22(14-33-35)26(36)34-17(5)27(28,29)30/h6-14,17H,1H2,2-5H3,(H,31,32)(H,34,36)/b16-7-,24-15+/t17-/m1/s1. The van der Waals surface area contributed by atoms with Crippen LogP contribution in [0.15, 0.2) is 72.9 Å². The second kappa shape index (κ2) is 9.49. The molecule has 186 valence electrons. The third-order valence-corrected chi connectivity index (χ3v) is 6.26. The first kappa shape index (κ1) is 25.0. The Morgan fingerprint density at radius 2 is 2.00 bits per heavy atom. The Labute approximate surface area is 206 Å². The molecule has 0 aromatic carbocycles. The SMILES string of the molecule is C=C/C(C)=C(\C(C)=C/C)c1cnc2[nH]cc(-c3ccn4ncc(C(=O)N[C@H](C)C(F)(F)F)c4c3)c2c1. The summed E-state index contributed by atoms with van der Waals surface area (Å²) in [5.74, 6) is -0.841. The number of alkyl halides is 3. The largest absolute Gasteiger partial charge is 0.408 e. The number of hydrogen-bond donors (Lipinski definition) is 2. The van der Waals surface area contributed by atoms with E-state index in [2.05, 4.69) is 21.6 Å². The number of amides is 1. The van der Waals surface area contributed by atoms with E-state index in [1.165, 1.54) is 10.7 Å². The summed E-state index contributed by atoms with van der Waals surface area (Å²) >= 11 is 0. The van der Waals surface area contributed by atoms with E-state index >= 15 is 0 Å². The number of hydrogen-bond acceptors (Lipinski definition) is 3. The molecule has 0 bridgehead atoms. The van der Waals surface area contributed by atoms with E-state index in [-0.39, 0.29) is 5.56 Å². The average Bonchev–Trinajstić information content (AvgIpc) is 3.46. The highest BCUT2D eigenvalue weighted by Gasteiger charge is 2.37. The van der Waals surface area contributed by atoms with E-state index in [9.17, 15) is 18.0 Å². The fraction of sp³-hybridized carbons (Fsp3) is 0.222. The Hall–Kier alpha value is -4.14. The third-order valence-electron chi connectivity index (χ3n) is 6.26. The van der Waals surface area contributed by atoms with Crippen molar-refractivity contribution in [1.82, 2.24) is 24.9 Å². The number of carbonyl (C=O) groups excluding carboxylic acids is 1. The highest BCUT2D eigenvalue weighted by atomic mass is 19.4. The fourth-order valence-corrected chi connectivity index (χ4v) is 4.07. The first-order chi connectivity index (χ1) is 17.0. The van der Waals surface area contributed by atoms with Crippen LogP contribution in [0.2, 0.25) is 0 Å². The van der Waals surface area contributed by atoms with E-state index in [1.807, 2.05) is 62.8 Å². The third kappa shape index (κ3) is 4.56. The molecule has 4 aromatic heterocycles. The van der Waals surface area contributed by atoms with Crippen molar-refractivity contribution in [2.24, 2.45) is 0 Å². The summed E-state index contributed by atoms with van der Waals surface area (Å²) in [4.78, 5) is 20.4. The predicted octanol–water partition coefficient (Wildman–Crippen LogP) is 6.48.